The predicted molar refractivity (Wildman–Crippen MR) is 142 cm³/mol. The molecule has 0 aliphatic carbocycles. The first-order chi connectivity index (χ1) is 14.6. The van der Waals surface area contributed by atoms with Crippen LogP contribution in [0.1, 0.15) is 31.7 Å². The van der Waals surface area contributed by atoms with Gasteiger partial charge in [0.1, 0.15) is 5.82 Å². The maximum absolute atomic E-state index is 4.40. The predicted octanol–water partition coefficient (Wildman–Crippen LogP) is 4.10. The summed E-state index contributed by atoms with van der Waals surface area (Å²) in [6, 6.07) is 8.41. The number of aromatic amines is 1. The first kappa shape index (κ1) is 25.5. The van der Waals surface area contributed by atoms with E-state index in [1.54, 1.807) is 11.8 Å². The number of aromatic nitrogens is 4. The molecule has 0 atom stereocenters. The van der Waals surface area contributed by atoms with Crippen molar-refractivity contribution < 1.29 is 0 Å². The summed E-state index contributed by atoms with van der Waals surface area (Å²) in [5.74, 6) is 2.48. The first-order valence-electron chi connectivity index (χ1n) is 10.6. The van der Waals surface area contributed by atoms with E-state index in [1.165, 1.54) is 16.5 Å². The van der Waals surface area contributed by atoms with Crippen LogP contribution in [0.2, 0.25) is 0 Å². The molecule has 7 nitrogen and oxygen atoms in total. The molecular weight excluding hydrogens is 521 g/mol. The zero-order valence-electron chi connectivity index (χ0n) is 18.8. The van der Waals surface area contributed by atoms with Gasteiger partial charge in [-0.25, -0.2) is 0 Å². The monoisotopic (exact) mass is 555 g/mol. The molecule has 0 unspecified atom stereocenters. The number of aryl methyl sites for hydroxylation is 1. The molecule has 0 aliphatic rings. The maximum atomic E-state index is 4.40. The standard InChI is InChI=1S/C22H33N7S.HI/c1-16(2)15-29-20(27-28-22(29)30-4)10-7-12-24-21(23-3)25-13-11-17-14-26-19-9-6-5-8-18(17)19;/h5-6,8-9,14,16,26H,7,10-13,15H2,1-4H3,(H2,23,24,25);1H. The minimum Gasteiger partial charge on any atom is -0.361 e. The highest BCUT2D eigenvalue weighted by molar-refractivity contribution is 14.0. The Bertz CT molecular complexity index is 964. The molecule has 31 heavy (non-hydrogen) atoms. The molecule has 3 rings (SSSR count). The van der Waals surface area contributed by atoms with Crippen molar-refractivity contribution in [1.29, 1.82) is 0 Å². The number of halogens is 1. The molecule has 3 aromatic rings. The molecule has 0 amide bonds. The SMILES string of the molecule is CN=C(NCCCc1nnc(SC)n1CC(C)C)NCCc1c[nH]c2ccccc12.I. The van der Waals surface area contributed by atoms with Crippen LogP contribution < -0.4 is 10.6 Å². The van der Waals surface area contributed by atoms with E-state index in [1.807, 2.05) is 7.05 Å². The largest absolute Gasteiger partial charge is 0.361 e. The van der Waals surface area contributed by atoms with Crippen LogP contribution in [0.3, 0.4) is 0 Å². The van der Waals surface area contributed by atoms with Gasteiger partial charge in [-0.3, -0.25) is 4.99 Å². The maximum Gasteiger partial charge on any atom is 0.190 e. The molecule has 0 fully saturated rings. The molecule has 2 heterocycles. The molecule has 0 aliphatic heterocycles. The number of fused-ring (bicyclic) bond motifs is 1. The Morgan fingerprint density at radius 3 is 2.68 bits per heavy atom. The van der Waals surface area contributed by atoms with Gasteiger partial charge in [-0.05, 0) is 36.6 Å². The normalized spacial score (nSPS) is 11.7. The van der Waals surface area contributed by atoms with E-state index < -0.39 is 0 Å². The number of para-hydroxylation sites is 1. The molecule has 0 spiro atoms. The number of aliphatic imine (C=N–C) groups is 1. The van der Waals surface area contributed by atoms with Gasteiger partial charge in [-0.1, -0.05) is 43.8 Å². The van der Waals surface area contributed by atoms with Crippen LogP contribution >= 0.6 is 35.7 Å². The summed E-state index contributed by atoms with van der Waals surface area (Å²) in [7, 11) is 1.81. The highest BCUT2D eigenvalue weighted by Gasteiger charge is 2.12. The quantitative estimate of drug-likeness (QED) is 0.115. The number of rotatable bonds is 10. The Morgan fingerprint density at radius 2 is 1.94 bits per heavy atom. The summed E-state index contributed by atoms with van der Waals surface area (Å²) in [6.07, 6.45) is 6.98. The van der Waals surface area contributed by atoms with E-state index in [-0.39, 0.29) is 24.0 Å². The van der Waals surface area contributed by atoms with Gasteiger partial charge in [0.2, 0.25) is 0 Å². The lowest BCUT2D eigenvalue weighted by Crippen LogP contribution is -2.38. The smallest absolute Gasteiger partial charge is 0.190 e. The van der Waals surface area contributed by atoms with Gasteiger partial charge in [-0.15, -0.1) is 34.2 Å². The van der Waals surface area contributed by atoms with Crippen LogP contribution in [0.5, 0.6) is 0 Å². The molecule has 1 aromatic carbocycles. The van der Waals surface area contributed by atoms with E-state index in [2.05, 4.69) is 85.9 Å². The van der Waals surface area contributed by atoms with Crippen molar-refractivity contribution in [1.82, 2.24) is 30.4 Å². The number of hydrogen-bond donors (Lipinski definition) is 3. The van der Waals surface area contributed by atoms with Gasteiger partial charge in [0.15, 0.2) is 11.1 Å². The molecule has 9 heteroatoms. The van der Waals surface area contributed by atoms with Crippen molar-refractivity contribution in [3.63, 3.8) is 0 Å². The third kappa shape index (κ3) is 7.13. The lowest BCUT2D eigenvalue weighted by atomic mass is 10.1. The molecule has 3 N–H and O–H groups in total. The van der Waals surface area contributed by atoms with Gasteiger partial charge < -0.3 is 20.2 Å². The second-order valence-corrected chi connectivity index (χ2v) is 8.52. The zero-order chi connectivity index (χ0) is 21.3. The Morgan fingerprint density at radius 1 is 1.16 bits per heavy atom. The minimum absolute atomic E-state index is 0. The number of hydrogen-bond acceptors (Lipinski definition) is 4. The second-order valence-electron chi connectivity index (χ2n) is 7.75. The van der Waals surface area contributed by atoms with Gasteiger partial charge in [-0.2, -0.15) is 0 Å². The van der Waals surface area contributed by atoms with Crippen LogP contribution in [-0.4, -0.2) is 52.1 Å². The van der Waals surface area contributed by atoms with E-state index in [0.717, 1.165) is 55.8 Å². The fourth-order valence-corrected chi connectivity index (χ4v) is 4.05. The number of nitrogens with zero attached hydrogens (tertiary/aromatic N) is 4. The second kappa shape index (κ2) is 12.9. The number of guanidine groups is 1. The number of H-pyrrole nitrogens is 1. The van der Waals surface area contributed by atoms with E-state index in [0.29, 0.717) is 5.92 Å². The Hall–Kier alpha value is -1.75. The first-order valence-corrected chi connectivity index (χ1v) is 11.8. The van der Waals surface area contributed by atoms with Crippen LogP contribution in [0.4, 0.5) is 0 Å². The highest BCUT2D eigenvalue weighted by atomic mass is 127. The van der Waals surface area contributed by atoms with E-state index >= 15 is 0 Å². The summed E-state index contributed by atoms with van der Waals surface area (Å²) in [5, 5.41) is 17.8. The number of benzene rings is 1. The van der Waals surface area contributed by atoms with Crippen molar-refractivity contribution in [2.24, 2.45) is 10.9 Å². The molecule has 2 aromatic heterocycles. The van der Waals surface area contributed by atoms with Gasteiger partial charge in [0.25, 0.3) is 0 Å². The molecular formula is C22H34IN7S. The molecule has 0 radical (unpaired) electrons. The van der Waals surface area contributed by atoms with Crippen LogP contribution in [0.25, 0.3) is 10.9 Å². The van der Waals surface area contributed by atoms with Crippen LogP contribution in [0.15, 0.2) is 40.6 Å². The molecule has 170 valence electrons. The summed E-state index contributed by atoms with van der Waals surface area (Å²) in [4.78, 5) is 7.67. The number of thioether (sulfide) groups is 1. The van der Waals surface area contributed by atoms with Crippen molar-refractivity contribution in [2.45, 2.75) is 44.8 Å². The molecule has 0 bridgehead atoms. The van der Waals surface area contributed by atoms with Crippen molar-refractivity contribution in [3.8, 4) is 0 Å². The Kier molecular flexibility index (Phi) is 10.7. The van der Waals surface area contributed by atoms with Crippen LogP contribution in [0, 0.1) is 5.92 Å². The van der Waals surface area contributed by atoms with Crippen molar-refractivity contribution in [3.05, 3.63) is 41.9 Å². The van der Waals surface area contributed by atoms with Gasteiger partial charge in [0.05, 0.1) is 0 Å². The summed E-state index contributed by atoms with van der Waals surface area (Å²) in [6.45, 7) is 7.09. The molecule has 0 saturated heterocycles. The van der Waals surface area contributed by atoms with Crippen molar-refractivity contribution in [2.75, 3.05) is 26.4 Å². The van der Waals surface area contributed by atoms with E-state index in [4.69, 9.17) is 0 Å². The summed E-state index contributed by atoms with van der Waals surface area (Å²) < 4.78 is 2.25. The fourth-order valence-electron chi connectivity index (χ4n) is 3.53. The average molecular weight is 556 g/mol. The summed E-state index contributed by atoms with van der Waals surface area (Å²) in [5.41, 5.74) is 2.51. The zero-order valence-corrected chi connectivity index (χ0v) is 22.0. The lowest BCUT2D eigenvalue weighted by molar-refractivity contribution is 0.477. The van der Waals surface area contributed by atoms with Gasteiger partial charge >= 0.3 is 0 Å². The van der Waals surface area contributed by atoms with Crippen LogP contribution in [-0.2, 0) is 19.4 Å². The molecule has 0 saturated carbocycles. The third-order valence-corrected chi connectivity index (χ3v) is 5.65. The average Bonchev–Trinajstić information content (AvgIpc) is 3.33. The topological polar surface area (TPSA) is 82.9 Å². The Labute approximate surface area is 206 Å². The van der Waals surface area contributed by atoms with Gasteiger partial charge in [0, 0.05) is 50.2 Å². The minimum atomic E-state index is 0. The Balaban J connectivity index is 0.00000341. The highest BCUT2D eigenvalue weighted by Crippen LogP contribution is 2.18. The van der Waals surface area contributed by atoms with Crippen molar-refractivity contribution >= 4 is 52.6 Å². The fraction of sp³-hybridized carbons (Fsp3) is 0.500. The van der Waals surface area contributed by atoms with E-state index in [9.17, 15) is 0 Å². The third-order valence-electron chi connectivity index (χ3n) is 4.98. The summed E-state index contributed by atoms with van der Waals surface area (Å²) >= 11 is 1.66. The lowest BCUT2D eigenvalue weighted by Gasteiger charge is -2.13. The number of nitrogens with one attached hydrogen (secondary N) is 3.